The van der Waals surface area contributed by atoms with Crippen molar-refractivity contribution < 1.29 is 32.6 Å². The second kappa shape index (κ2) is 9.31. The summed E-state index contributed by atoms with van der Waals surface area (Å²) in [7, 11) is 1.26. The fourth-order valence-corrected chi connectivity index (χ4v) is 1.95. The third kappa shape index (κ3) is 6.01. The lowest BCUT2D eigenvalue weighted by Gasteiger charge is -2.05. The van der Waals surface area contributed by atoms with Crippen LogP contribution in [0.25, 0.3) is 6.08 Å². The van der Waals surface area contributed by atoms with E-state index in [9.17, 15) is 18.4 Å². The maximum atomic E-state index is 12.1. The second-order valence-electron chi connectivity index (χ2n) is 5.03. The van der Waals surface area contributed by atoms with Gasteiger partial charge in [-0.25, -0.2) is 4.79 Å². The third-order valence-electron chi connectivity index (χ3n) is 3.26. The Morgan fingerprint density at radius 3 is 2.19 bits per heavy atom. The highest BCUT2D eigenvalue weighted by Crippen LogP contribution is 2.17. The van der Waals surface area contributed by atoms with E-state index in [1.807, 2.05) is 0 Å². The van der Waals surface area contributed by atoms with E-state index >= 15 is 0 Å². The summed E-state index contributed by atoms with van der Waals surface area (Å²) in [4.78, 5) is 23.1. The highest BCUT2D eigenvalue weighted by atomic mass is 19.3. The lowest BCUT2D eigenvalue weighted by Crippen LogP contribution is -2.12. The molecule has 0 aliphatic heterocycles. The summed E-state index contributed by atoms with van der Waals surface area (Å²) in [5.74, 6) is -0.257. The Balaban J connectivity index is 1.94. The highest BCUT2D eigenvalue weighted by molar-refractivity contribution is 6.06. The van der Waals surface area contributed by atoms with Crippen LogP contribution in [0.1, 0.15) is 15.9 Å². The van der Waals surface area contributed by atoms with Gasteiger partial charge in [0.1, 0.15) is 11.5 Å². The zero-order chi connectivity index (χ0) is 18.9. The number of rotatable bonds is 8. The topological polar surface area (TPSA) is 61.8 Å². The van der Waals surface area contributed by atoms with Gasteiger partial charge >= 0.3 is 12.6 Å². The molecule has 0 saturated carbocycles. The van der Waals surface area contributed by atoms with E-state index in [1.54, 1.807) is 42.5 Å². The van der Waals surface area contributed by atoms with E-state index in [0.717, 1.165) is 0 Å². The Morgan fingerprint density at radius 1 is 1.00 bits per heavy atom. The summed E-state index contributed by atoms with van der Waals surface area (Å²) in [6, 6.07) is 12.2. The molecule has 0 saturated heterocycles. The lowest BCUT2D eigenvalue weighted by molar-refractivity contribution is -0.142. The first-order valence-electron chi connectivity index (χ1n) is 7.55. The molecule has 7 heteroatoms. The van der Waals surface area contributed by atoms with Gasteiger partial charge in [0, 0.05) is 5.56 Å². The molecule has 26 heavy (non-hydrogen) atoms. The number of esters is 1. The molecule has 0 heterocycles. The van der Waals surface area contributed by atoms with Crippen molar-refractivity contribution in [2.24, 2.45) is 0 Å². The van der Waals surface area contributed by atoms with Crippen molar-refractivity contribution >= 4 is 17.8 Å². The molecular formula is C19H16F2O5. The average Bonchev–Trinajstić information content (AvgIpc) is 2.65. The highest BCUT2D eigenvalue weighted by Gasteiger charge is 2.05. The smallest absolute Gasteiger partial charge is 0.387 e. The van der Waals surface area contributed by atoms with Crippen molar-refractivity contribution in [2.75, 3.05) is 13.7 Å². The molecule has 2 aromatic rings. The molecule has 0 N–H and O–H groups in total. The number of ether oxygens (including phenoxy) is 3. The first-order chi connectivity index (χ1) is 12.5. The zero-order valence-corrected chi connectivity index (χ0v) is 13.9. The van der Waals surface area contributed by atoms with E-state index in [2.05, 4.69) is 9.47 Å². The molecule has 0 aliphatic rings. The number of allylic oxidation sites excluding steroid dienone is 1. The Bertz CT molecular complexity index is 768. The first kappa shape index (κ1) is 19.1. The number of alkyl halides is 2. The summed E-state index contributed by atoms with van der Waals surface area (Å²) in [6.07, 6.45) is 2.93. The maximum Gasteiger partial charge on any atom is 0.387 e. The van der Waals surface area contributed by atoms with Gasteiger partial charge in [-0.2, -0.15) is 8.78 Å². The monoisotopic (exact) mass is 362 g/mol. The van der Waals surface area contributed by atoms with Crippen LogP contribution in [0.15, 0.2) is 54.6 Å². The normalized spacial score (nSPS) is 10.8. The molecule has 5 nitrogen and oxygen atoms in total. The van der Waals surface area contributed by atoms with E-state index < -0.39 is 12.6 Å². The molecule has 136 valence electrons. The molecule has 0 aliphatic carbocycles. The van der Waals surface area contributed by atoms with Crippen LogP contribution in [-0.2, 0) is 9.53 Å². The molecule has 0 spiro atoms. The van der Waals surface area contributed by atoms with Gasteiger partial charge in [0.25, 0.3) is 0 Å². The van der Waals surface area contributed by atoms with E-state index in [-0.39, 0.29) is 18.1 Å². The molecule has 0 bridgehead atoms. The van der Waals surface area contributed by atoms with Gasteiger partial charge < -0.3 is 14.2 Å². The molecule has 0 fully saturated rings. The van der Waals surface area contributed by atoms with E-state index in [0.29, 0.717) is 16.9 Å². The van der Waals surface area contributed by atoms with Crippen molar-refractivity contribution in [1.82, 2.24) is 0 Å². The Labute approximate surface area is 148 Å². The van der Waals surface area contributed by atoms with Crippen molar-refractivity contribution in [3.8, 4) is 11.5 Å². The van der Waals surface area contributed by atoms with Gasteiger partial charge in [0.2, 0.25) is 0 Å². The summed E-state index contributed by atoms with van der Waals surface area (Å²) >= 11 is 0. The first-order valence-corrected chi connectivity index (χ1v) is 7.55. The Morgan fingerprint density at radius 2 is 1.62 bits per heavy atom. The van der Waals surface area contributed by atoms with Gasteiger partial charge in [-0.15, -0.1) is 0 Å². The minimum absolute atomic E-state index is 0.0472. The molecule has 0 radical (unpaired) electrons. The molecule has 0 amide bonds. The van der Waals surface area contributed by atoms with Gasteiger partial charge in [0.15, 0.2) is 12.4 Å². The SMILES string of the molecule is COC(=O)COc1ccc(C(=O)/C=C/c2ccc(OC(F)F)cc2)cc1. The molecular weight excluding hydrogens is 346 g/mol. The number of hydrogen-bond acceptors (Lipinski definition) is 5. The average molecular weight is 362 g/mol. The van der Waals surface area contributed by atoms with Crippen molar-refractivity contribution in [1.29, 1.82) is 0 Å². The van der Waals surface area contributed by atoms with E-state index in [1.165, 1.54) is 25.3 Å². The lowest BCUT2D eigenvalue weighted by atomic mass is 10.1. The quantitative estimate of drug-likeness (QED) is 0.407. The fourth-order valence-electron chi connectivity index (χ4n) is 1.95. The molecule has 0 aromatic heterocycles. The largest absolute Gasteiger partial charge is 0.482 e. The molecule has 2 rings (SSSR count). The fraction of sp³-hybridized carbons (Fsp3) is 0.158. The molecule has 0 unspecified atom stereocenters. The van der Waals surface area contributed by atoms with Crippen LogP contribution in [-0.4, -0.2) is 32.1 Å². The number of carbonyl (C=O) groups excluding carboxylic acids is 2. The minimum Gasteiger partial charge on any atom is -0.482 e. The van der Waals surface area contributed by atoms with Crippen molar-refractivity contribution in [3.05, 3.63) is 65.7 Å². The number of carbonyl (C=O) groups is 2. The summed E-state index contributed by atoms with van der Waals surface area (Å²) in [6.45, 7) is -3.09. The van der Waals surface area contributed by atoms with Gasteiger partial charge in [0.05, 0.1) is 7.11 Å². The maximum absolute atomic E-state index is 12.1. The Kier molecular flexibility index (Phi) is 6.84. The van der Waals surface area contributed by atoms with E-state index in [4.69, 9.17) is 4.74 Å². The van der Waals surface area contributed by atoms with Crippen molar-refractivity contribution in [3.63, 3.8) is 0 Å². The van der Waals surface area contributed by atoms with Crippen LogP contribution < -0.4 is 9.47 Å². The van der Waals surface area contributed by atoms with Crippen LogP contribution in [0.5, 0.6) is 11.5 Å². The number of methoxy groups -OCH3 is 1. The van der Waals surface area contributed by atoms with Crippen LogP contribution in [0.2, 0.25) is 0 Å². The summed E-state index contributed by atoms with van der Waals surface area (Å²) < 4.78 is 38.1. The predicted molar refractivity (Wildman–Crippen MR) is 90.4 cm³/mol. The minimum atomic E-state index is -2.88. The standard InChI is InChI=1S/C19H16F2O5/c1-24-18(23)12-25-15-9-5-14(6-10-15)17(22)11-4-13-2-7-16(8-3-13)26-19(20)21/h2-11,19H,12H2,1H3/b11-4+. The Hall–Kier alpha value is -3.22. The third-order valence-corrected chi connectivity index (χ3v) is 3.26. The summed E-state index contributed by atoms with van der Waals surface area (Å²) in [5.41, 5.74) is 1.10. The zero-order valence-electron chi connectivity index (χ0n) is 13.9. The second-order valence-corrected chi connectivity index (χ2v) is 5.03. The number of ketones is 1. The number of benzene rings is 2. The van der Waals surface area contributed by atoms with Crippen LogP contribution in [0.3, 0.4) is 0 Å². The van der Waals surface area contributed by atoms with Crippen LogP contribution in [0.4, 0.5) is 8.78 Å². The molecule has 0 atom stereocenters. The van der Waals surface area contributed by atoms with Crippen molar-refractivity contribution in [2.45, 2.75) is 6.61 Å². The van der Waals surface area contributed by atoms with Crippen LogP contribution in [0, 0.1) is 0 Å². The molecule has 2 aromatic carbocycles. The van der Waals surface area contributed by atoms with Gasteiger partial charge in [-0.05, 0) is 48.0 Å². The van der Waals surface area contributed by atoms with Crippen LogP contribution >= 0.6 is 0 Å². The summed E-state index contributed by atoms with van der Waals surface area (Å²) in [5, 5.41) is 0. The number of hydrogen-bond donors (Lipinski definition) is 0. The van der Waals surface area contributed by atoms with Gasteiger partial charge in [-0.3, -0.25) is 4.79 Å². The number of halogens is 2. The predicted octanol–water partition coefficient (Wildman–Crippen LogP) is 3.74. The van der Waals surface area contributed by atoms with Gasteiger partial charge in [-0.1, -0.05) is 18.2 Å².